The Hall–Kier alpha value is -4.10. The van der Waals surface area contributed by atoms with Gasteiger partial charge in [0.05, 0.1) is 25.0 Å². The molecule has 0 aromatic carbocycles. The molecule has 2 aliphatic rings. The molecule has 2 N–H and O–H groups in total. The lowest BCUT2D eigenvalue weighted by Crippen LogP contribution is -2.55. The zero-order chi connectivity index (χ0) is 27.1. The summed E-state index contributed by atoms with van der Waals surface area (Å²) in [7, 11) is 1.52. The fourth-order valence-corrected chi connectivity index (χ4v) is 4.28. The molecule has 13 nitrogen and oxygen atoms in total. The smallest absolute Gasteiger partial charge is 0.413 e. The van der Waals surface area contributed by atoms with E-state index in [2.05, 4.69) is 37.3 Å². The molecular weight excluding hydrogens is 497 g/mol. The SMILES string of the molecule is C=[N+]1CCC(OC(=O)Nc2ccnc(N3CC[C@@H](F)[C@@H](N(C)C(=O)Nc4cnc(OCC)cn4)C3)n2)CC1. The van der Waals surface area contributed by atoms with Crippen molar-refractivity contribution in [2.24, 2.45) is 0 Å². The molecule has 38 heavy (non-hydrogen) atoms. The number of amides is 3. The number of alkyl halides is 1. The minimum atomic E-state index is -1.24. The van der Waals surface area contributed by atoms with Crippen molar-refractivity contribution in [1.29, 1.82) is 0 Å². The van der Waals surface area contributed by atoms with E-state index in [4.69, 9.17) is 9.47 Å². The number of halogens is 1. The number of ether oxygens (including phenoxy) is 2. The van der Waals surface area contributed by atoms with Crippen LogP contribution in [0.4, 0.5) is 31.6 Å². The highest BCUT2D eigenvalue weighted by Crippen LogP contribution is 2.23. The molecule has 14 heteroatoms. The predicted molar refractivity (Wildman–Crippen MR) is 138 cm³/mol. The number of anilines is 3. The summed E-state index contributed by atoms with van der Waals surface area (Å²) in [5.74, 6) is 1.15. The second kappa shape index (κ2) is 12.4. The van der Waals surface area contributed by atoms with Crippen LogP contribution in [0.1, 0.15) is 26.2 Å². The maximum Gasteiger partial charge on any atom is 0.413 e. The molecule has 2 saturated heterocycles. The van der Waals surface area contributed by atoms with E-state index < -0.39 is 24.3 Å². The Bertz CT molecular complexity index is 1130. The number of rotatable bonds is 7. The van der Waals surface area contributed by atoms with Gasteiger partial charge in [-0.3, -0.25) is 10.6 Å². The Kier molecular flexibility index (Phi) is 8.81. The van der Waals surface area contributed by atoms with Gasteiger partial charge in [0, 0.05) is 39.2 Å². The first-order chi connectivity index (χ1) is 18.3. The van der Waals surface area contributed by atoms with Gasteiger partial charge in [0.2, 0.25) is 11.8 Å². The first-order valence-corrected chi connectivity index (χ1v) is 12.6. The van der Waals surface area contributed by atoms with Crippen LogP contribution in [0.5, 0.6) is 5.88 Å². The minimum absolute atomic E-state index is 0.164. The molecule has 4 rings (SSSR count). The molecule has 2 aliphatic heterocycles. The van der Waals surface area contributed by atoms with E-state index in [0.29, 0.717) is 25.0 Å². The molecule has 3 amide bonds. The van der Waals surface area contributed by atoms with Crippen LogP contribution in [0.15, 0.2) is 24.7 Å². The molecule has 4 heterocycles. The van der Waals surface area contributed by atoms with Gasteiger partial charge in [-0.05, 0) is 19.4 Å². The van der Waals surface area contributed by atoms with Crippen LogP contribution < -0.4 is 20.3 Å². The fourth-order valence-electron chi connectivity index (χ4n) is 4.28. The molecule has 2 aromatic heterocycles. The zero-order valence-corrected chi connectivity index (χ0v) is 21.5. The van der Waals surface area contributed by atoms with Gasteiger partial charge in [0.15, 0.2) is 5.82 Å². The van der Waals surface area contributed by atoms with Crippen molar-refractivity contribution in [3.63, 3.8) is 0 Å². The van der Waals surface area contributed by atoms with E-state index in [-0.39, 0.29) is 30.7 Å². The van der Waals surface area contributed by atoms with Gasteiger partial charge in [-0.2, -0.15) is 4.98 Å². The predicted octanol–water partition coefficient (Wildman–Crippen LogP) is 2.17. The van der Waals surface area contributed by atoms with Crippen molar-refractivity contribution in [3.05, 3.63) is 24.7 Å². The largest absolute Gasteiger partial charge is 0.477 e. The highest BCUT2D eigenvalue weighted by molar-refractivity contribution is 5.88. The normalized spacial score (nSPS) is 20.0. The van der Waals surface area contributed by atoms with Crippen molar-refractivity contribution in [3.8, 4) is 5.88 Å². The summed E-state index contributed by atoms with van der Waals surface area (Å²) >= 11 is 0. The first kappa shape index (κ1) is 26.9. The number of aromatic nitrogens is 4. The summed E-state index contributed by atoms with van der Waals surface area (Å²) in [6.07, 6.45) is 3.90. The van der Waals surface area contributed by atoms with Crippen LogP contribution in [-0.4, -0.2) is 106 Å². The number of nitrogens with zero attached hydrogens (tertiary/aromatic N) is 7. The van der Waals surface area contributed by atoms with Crippen molar-refractivity contribution < 1.29 is 28.0 Å². The Labute approximate surface area is 220 Å². The maximum atomic E-state index is 14.9. The molecule has 0 unspecified atom stereocenters. The van der Waals surface area contributed by atoms with Crippen molar-refractivity contribution in [2.45, 2.75) is 44.5 Å². The van der Waals surface area contributed by atoms with Gasteiger partial charge in [-0.15, -0.1) is 0 Å². The molecule has 2 atom stereocenters. The summed E-state index contributed by atoms with van der Waals surface area (Å²) in [6, 6.07) is 0.269. The highest BCUT2D eigenvalue weighted by atomic mass is 19.1. The van der Waals surface area contributed by atoms with Crippen LogP contribution in [0.25, 0.3) is 0 Å². The van der Waals surface area contributed by atoms with Crippen molar-refractivity contribution >= 4 is 36.4 Å². The Morgan fingerprint density at radius 3 is 2.68 bits per heavy atom. The summed E-state index contributed by atoms with van der Waals surface area (Å²) < 4.78 is 27.6. The molecule has 0 aliphatic carbocycles. The lowest BCUT2D eigenvalue weighted by atomic mass is 10.0. The van der Waals surface area contributed by atoms with E-state index in [1.54, 1.807) is 11.0 Å². The quantitative estimate of drug-likeness (QED) is 0.516. The molecule has 2 aromatic rings. The third-order valence-electron chi connectivity index (χ3n) is 6.44. The van der Waals surface area contributed by atoms with Gasteiger partial charge < -0.3 is 19.3 Å². The topological polar surface area (TPSA) is 138 Å². The monoisotopic (exact) mass is 530 g/mol. The Morgan fingerprint density at radius 2 is 1.97 bits per heavy atom. The molecule has 204 valence electrons. The second-order valence-electron chi connectivity index (χ2n) is 9.12. The molecule has 0 radical (unpaired) electrons. The molecule has 2 fully saturated rings. The van der Waals surface area contributed by atoms with Gasteiger partial charge in [0.1, 0.15) is 37.9 Å². The Balaban J connectivity index is 1.34. The third kappa shape index (κ3) is 7.01. The number of hydrogen-bond acceptors (Lipinski definition) is 9. The number of nitrogens with one attached hydrogen (secondary N) is 2. The molecular formula is C24H33FN9O4+. The fraction of sp³-hybridized carbons (Fsp3) is 0.542. The Morgan fingerprint density at radius 1 is 1.18 bits per heavy atom. The molecule has 0 spiro atoms. The van der Waals surface area contributed by atoms with Crippen LogP contribution >= 0.6 is 0 Å². The number of urea groups is 1. The van der Waals surface area contributed by atoms with Crippen LogP contribution in [0, 0.1) is 0 Å². The van der Waals surface area contributed by atoms with Crippen LogP contribution in [0.3, 0.4) is 0 Å². The lowest BCUT2D eigenvalue weighted by molar-refractivity contribution is -0.533. The maximum absolute atomic E-state index is 14.9. The number of hydrogen-bond donors (Lipinski definition) is 2. The van der Waals surface area contributed by atoms with Gasteiger partial charge in [0.25, 0.3) is 0 Å². The highest BCUT2D eigenvalue weighted by Gasteiger charge is 2.35. The standard InChI is InChI=1S/C24H32FN9O4/c1-4-37-21-14-27-20(13-28-21)30-23(35)33(3)18-15-34(12-8-17(18)25)22-26-9-5-19(29-22)31-24(36)38-16-6-10-32(2)11-7-16/h5,9,13-14,16-18H,2,4,6-8,10-12,15H2,1,3H3,(H-,26,27,29,30,31,35,36)/p+1/t17-,18+/m1/s1. The van der Waals surface area contributed by atoms with E-state index in [9.17, 15) is 14.0 Å². The average molecular weight is 531 g/mol. The van der Waals surface area contributed by atoms with Crippen LogP contribution in [-0.2, 0) is 4.74 Å². The van der Waals surface area contributed by atoms with E-state index in [1.165, 1.54) is 30.5 Å². The van der Waals surface area contributed by atoms with Crippen molar-refractivity contribution in [1.82, 2.24) is 24.8 Å². The van der Waals surface area contributed by atoms with E-state index in [1.807, 2.05) is 11.5 Å². The number of piperidine rings is 2. The van der Waals surface area contributed by atoms with Gasteiger partial charge in [-0.25, -0.2) is 33.5 Å². The first-order valence-electron chi connectivity index (χ1n) is 12.6. The van der Waals surface area contributed by atoms with E-state index in [0.717, 1.165) is 25.9 Å². The summed E-state index contributed by atoms with van der Waals surface area (Å²) in [5, 5.41) is 5.27. The number of likely N-dealkylation sites (N-methyl/N-ethyl adjacent to an activating group) is 1. The zero-order valence-electron chi connectivity index (χ0n) is 21.5. The number of carbonyl (C=O) groups is 2. The molecule has 0 saturated carbocycles. The third-order valence-corrected chi connectivity index (χ3v) is 6.44. The summed E-state index contributed by atoms with van der Waals surface area (Å²) in [6.45, 7) is 8.21. The van der Waals surface area contributed by atoms with Crippen LogP contribution in [0.2, 0.25) is 0 Å². The number of carbonyl (C=O) groups excluding carboxylic acids is 2. The lowest BCUT2D eigenvalue weighted by Gasteiger charge is -2.39. The summed E-state index contributed by atoms with van der Waals surface area (Å²) in [4.78, 5) is 45.1. The van der Waals surface area contributed by atoms with Gasteiger partial charge in [-0.1, -0.05) is 0 Å². The van der Waals surface area contributed by atoms with E-state index >= 15 is 0 Å². The van der Waals surface area contributed by atoms with Gasteiger partial charge >= 0.3 is 12.1 Å². The summed E-state index contributed by atoms with van der Waals surface area (Å²) in [5.41, 5.74) is 0. The van der Waals surface area contributed by atoms with Crippen molar-refractivity contribution in [2.75, 3.05) is 55.4 Å². The minimum Gasteiger partial charge on any atom is -0.477 e. The second-order valence-corrected chi connectivity index (χ2v) is 9.12. The molecule has 0 bridgehead atoms. The average Bonchev–Trinajstić information content (AvgIpc) is 2.91.